The Hall–Kier alpha value is -1.76. The first-order valence-corrected chi connectivity index (χ1v) is 11.7. The molecule has 0 aromatic heterocycles. The van der Waals surface area contributed by atoms with Gasteiger partial charge >= 0.3 is 0 Å². The molecule has 0 saturated carbocycles. The van der Waals surface area contributed by atoms with Crippen LogP contribution in [0.1, 0.15) is 31.0 Å². The van der Waals surface area contributed by atoms with Crippen LogP contribution in [0, 0.1) is 0 Å². The molecule has 2 aromatic rings. The predicted molar refractivity (Wildman–Crippen MR) is 125 cm³/mol. The Bertz CT molecular complexity index is 730. The number of rotatable bonds is 7. The average Bonchev–Trinajstić information content (AvgIpc) is 2.76. The van der Waals surface area contributed by atoms with Crippen molar-refractivity contribution in [2.75, 3.05) is 52.4 Å². The molecule has 5 heteroatoms. The topological polar surface area (TPSA) is 39.2 Å². The van der Waals surface area contributed by atoms with Crippen molar-refractivity contribution in [2.24, 2.45) is 0 Å². The summed E-state index contributed by atoms with van der Waals surface area (Å²) in [5.74, 6) is 0. The lowest BCUT2D eigenvalue weighted by molar-refractivity contribution is -0.0786. The number of aliphatic hydroxyl groups is 1. The summed E-state index contributed by atoms with van der Waals surface area (Å²) < 4.78 is 5.82. The molecule has 0 spiro atoms. The summed E-state index contributed by atoms with van der Waals surface area (Å²) in [7, 11) is 0. The molecule has 0 radical (unpaired) electrons. The molecule has 2 aliphatic rings. The molecule has 3 atom stereocenters. The third-order valence-electron chi connectivity index (χ3n) is 6.44. The van der Waals surface area contributed by atoms with Gasteiger partial charge < -0.3 is 9.84 Å². The van der Waals surface area contributed by atoms with Gasteiger partial charge in [-0.25, -0.2) is 0 Å². The van der Waals surface area contributed by atoms with Gasteiger partial charge in [0.2, 0.25) is 0 Å². The lowest BCUT2D eigenvalue weighted by Gasteiger charge is -2.41. The Balaban J connectivity index is 1.33. The minimum absolute atomic E-state index is 0.243. The number of nitrogens with zero attached hydrogens (tertiary/aromatic N) is 3. The second-order valence-corrected chi connectivity index (χ2v) is 9.19. The number of benzene rings is 2. The maximum Gasteiger partial charge on any atom is 0.0793 e. The molecule has 0 bridgehead atoms. The van der Waals surface area contributed by atoms with Crippen LogP contribution in [0.15, 0.2) is 60.7 Å². The van der Waals surface area contributed by atoms with Gasteiger partial charge in [-0.05, 0) is 25.0 Å². The molecule has 5 nitrogen and oxygen atoms in total. The lowest BCUT2D eigenvalue weighted by Crippen LogP contribution is -2.52. The number of piperazine rings is 1. The lowest BCUT2D eigenvalue weighted by atomic mass is 9.96. The highest BCUT2D eigenvalue weighted by Gasteiger charge is 2.28. The Morgan fingerprint density at radius 2 is 1.26 bits per heavy atom. The van der Waals surface area contributed by atoms with Crippen molar-refractivity contribution in [1.82, 2.24) is 14.7 Å². The van der Waals surface area contributed by atoms with Gasteiger partial charge in [0, 0.05) is 52.4 Å². The zero-order valence-electron chi connectivity index (χ0n) is 18.9. The summed E-state index contributed by atoms with van der Waals surface area (Å²) in [4.78, 5) is 7.35. The van der Waals surface area contributed by atoms with Crippen molar-refractivity contribution < 1.29 is 9.84 Å². The normalized spacial score (nSPS) is 25.0. The smallest absolute Gasteiger partial charge is 0.0793 e. The largest absolute Gasteiger partial charge is 0.390 e. The molecule has 2 fully saturated rings. The Kier molecular flexibility index (Phi) is 7.75. The minimum Gasteiger partial charge on any atom is -0.390 e. The maximum atomic E-state index is 10.7. The molecule has 3 unspecified atom stereocenters. The number of ether oxygens (including phenoxy) is 1. The quantitative estimate of drug-likeness (QED) is 0.742. The van der Waals surface area contributed by atoms with Crippen LogP contribution in [0.3, 0.4) is 0 Å². The van der Waals surface area contributed by atoms with Gasteiger partial charge in [0.25, 0.3) is 0 Å². The number of β-amino-alcohol motifs (C(OH)–C–C–N with tert-alkyl or cyclic N) is 1. The van der Waals surface area contributed by atoms with E-state index in [0.717, 1.165) is 52.4 Å². The van der Waals surface area contributed by atoms with Gasteiger partial charge in [-0.2, -0.15) is 0 Å². The highest BCUT2D eigenvalue weighted by Crippen LogP contribution is 2.29. The first-order valence-electron chi connectivity index (χ1n) is 11.7. The Labute approximate surface area is 187 Å². The van der Waals surface area contributed by atoms with Gasteiger partial charge in [-0.15, -0.1) is 0 Å². The van der Waals surface area contributed by atoms with E-state index in [-0.39, 0.29) is 24.4 Å². The van der Waals surface area contributed by atoms with Crippen LogP contribution < -0.4 is 0 Å². The van der Waals surface area contributed by atoms with Gasteiger partial charge in [0.05, 0.1) is 24.4 Å². The van der Waals surface area contributed by atoms with Crippen LogP contribution in [-0.2, 0) is 4.74 Å². The molecule has 2 aliphatic heterocycles. The number of aliphatic hydroxyl groups excluding tert-OH is 1. The van der Waals surface area contributed by atoms with Crippen LogP contribution in [0.2, 0.25) is 0 Å². The molecule has 4 rings (SSSR count). The highest BCUT2D eigenvalue weighted by atomic mass is 16.5. The summed E-state index contributed by atoms with van der Waals surface area (Å²) in [6.07, 6.45) is 0.169. The Morgan fingerprint density at radius 1 is 0.774 bits per heavy atom. The van der Waals surface area contributed by atoms with Crippen LogP contribution >= 0.6 is 0 Å². The first-order chi connectivity index (χ1) is 15.1. The number of hydrogen-bond donors (Lipinski definition) is 1. The number of hydrogen-bond acceptors (Lipinski definition) is 5. The first kappa shape index (κ1) is 22.4. The molecule has 0 amide bonds. The SMILES string of the molecule is CC1CN(CC(O)CN2CCN(C(c3ccccc3)c3ccccc3)CC2)CC(C)O1. The highest BCUT2D eigenvalue weighted by molar-refractivity contribution is 5.31. The van der Waals surface area contributed by atoms with E-state index in [1.54, 1.807) is 0 Å². The van der Waals surface area contributed by atoms with Gasteiger partial charge in [-0.3, -0.25) is 14.7 Å². The molecule has 31 heavy (non-hydrogen) atoms. The van der Waals surface area contributed by atoms with E-state index in [1.807, 2.05) is 0 Å². The van der Waals surface area contributed by atoms with E-state index >= 15 is 0 Å². The summed E-state index contributed by atoms with van der Waals surface area (Å²) in [5.41, 5.74) is 2.69. The van der Waals surface area contributed by atoms with E-state index in [1.165, 1.54) is 11.1 Å². The molecule has 168 valence electrons. The molecule has 2 heterocycles. The second-order valence-electron chi connectivity index (χ2n) is 9.19. The Morgan fingerprint density at radius 3 is 1.77 bits per heavy atom. The van der Waals surface area contributed by atoms with Crippen molar-refractivity contribution >= 4 is 0 Å². The average molecular weight is 424 g/mol. The molecule has 2 saturated heterocycles. The minimum atomic E-state index is -0.317. The van der Waals surface area contributed by atoms with Crippen molar-refractivity contribution in [3.63, 3.8) is 0 Å². The van der Waals surface area contributed by atoms with Crippen LogP contribution in [-0.4, -0.2) is 90.5 Å². The molecular weight excluding hydrogens is 386 g/mol. The van der Waals surface area contributed by atoms with E-state index in [2.05, 4.69) is 89.2 Å². The van der Waals surface area contributed by atoms with Gasteiger partial charge in [0.1, 0.15) is 0 Å². The third kappa shape index (κ3) is 6.15. The van der Waals surface area contributed by atoms with E-state index in [9.17, 15) is 5.11 Å². The summed E-state index contributed by atoms with van der Waals surface area (Å²) in [5, 5.41) is 10.7. The number of morpholine rings is 1. The summed E-state index contributed by atoms with van der Waals surface area (Å²) >= 11 is 0. The summed E-state index contributed by atoms with van der Waals surface area (Å²) in [6.45, 7) is 11.5. The molecule has 0 aliphatic carbocycles. The summed E-state index contributed by atoms with van der Waals surface area (Å²) in [6, 6.07) is 21.9. The van der Waals surface area contributed by atoms with Crippen molar-refractivity contribution in [3.05, 3.63) is 71.8 Å². The fourth-order valence-electron chi connectivity index (χ4n) is 5.18. The van der Waals surface area contributed by atoms with E-state index < -0.39 is 0 Å². The molecule has 2 aromatic carbocycles. The predicted octanol–water partition coefficient (Wildman–Crippen LogP) is 2.86. The maximum absolute atomic E-state index is 10.7. The van der Waals surface area contributed by atoms with E-state index in [0.29, 0.717) is 0 Å². The fraction of sp³-hybridized carbons (Fsp3) is 0.538. The van der Waals surface area contributed by atoms with Crippen molar-refractivity contribution in [3.8, 4) is 0 Å². The standard InChI is InChI=1S/C26H37N3O2/c1-21-17-28(18-22(2)31-21)20-25(30)19-27-13-15-29(16-14-27)26(23-9-5-3-6-10-23)24-11-7-4-8-12-24/h3-12,21-22,25-26,30H,13-20H2,1-2H3. The molecule has 1 N–H and O–H groups in total. The van der Waals surface area contributed by atoms with Gasteiger partial charge in [0.15, 0.2) is 0 Å². The molecular formula is C26H37N3O2. The van der Waals surface area contributed by atoms with Crippen molar-refractivity contribution in [2.45, 2.75) is 38.2 Å². The van der Waals surface area contributed by atoms with Crippen LogP contribution in [0.4, 0.5) is 0 Å². The monoisotopic (exact) mass is 423 g/mol. The van der Waals surface area contributed by atoms with Gasteiger partial charge in [-0.1, -0.05) is 60.7 Å². The zero-order valence-corrected chi connectivity index (χ0v) is 18.9. The van der Waals surface area contributed by atoms with Crippen LogP contribution in [0.5, 0.6) is 0 Å². The van der Waals surface area contributed by atoms with E-state index in [4.69, 9.17) is 4.74 Å². The fourth-order valence-corrected chi connectivity index (χ4v) is 5.18. The van der Waals surface area contributed by atoms with Crippen molar-refractivity contribution in [1.29, 1.82) is 0 Å². The van der Waals surface area contributed by atoms with Crippen LogP contribution in [0.25, 0.3) is 0 Å². The zero-order chi connectivity index (χ0) is 21.6. The second kappa shape index (κ2) is 10.7. The third-order valence-corrected chi connectivity index (χ3v) is 6.44.